The summed E-state index contributed by atoms with van der Waals surface area (Å²) in [5.41, 5.74) is 0.0754. The molecule has 3 heteroatoms. The van der Waals surface area contributed by atoms with Crippen LogP contribution in [0.25, 0.3) is 0 Å². The van der Waals surface area contributed by atoms with Crippen molar-refractivity contribution in [1.29, 1.82) is 0 Å². The van der Waals surface area contributed by atoms with Gasteiger partial charge in [0.25, 0.3) is 0 Å². The van der Waals surface area contributed by atoms with Crippen LogP contribution in [0.15, 0.2) is 0 Å². The Balaban J connectivity index is 1.79. The maximum absolute atomic E-state index is 10.0. The van der Waals surface area contributed by atoms with Crippen molar-refractivity contribution in [2.45, 2.75) is 69.1 Å². The molecule has 0 heterocycles. The molecule has 2 rings (SSSR count). The van der Waals surface area contributed by atoms with Gasteiger partial charge in [0, 0.05) is 19.7 Å². The molecule has 2 aliphatic rings. The van der Waals surface area contributed by atoms with Crippen LogP contribution in [0, 0.1) is 0 Å². The zero-order chi connectivity index (χ0) is 11.4. The Morgan fingerprint density at radius 1 is 1.19 bits per heavy atom. The van der Waals surface area contributed by atoms with Gasteiger partial charge in [0.1, 0.15) is 0 Å². The molecule has 2 saturated carbocycles. The first-order chi connectivity index (χ1) is 7.76. The van der Waals surface area contributed by atoms with Crippen molar-refractivity contribution in [1.82, 2.24) is 5.32 Å². The Morgan fingerprint density at radius 3 is 2.56 bits per heavy atom. The highest BCUT2D eigenvalue weighted by Crippen LogP contribution is 2.34. The third-order valence-electron chi connectivity index (χ3n) is 4.36. The van der Waals surface area contributed by atoms with Gasteiger partial charge in [0.2, 0.25) is 0 Å². The average Bonchev–Trinajstić information content (AvgIpc) is 2.43. The summed E-state index contributed by atoms with van der Waals surface area (Å²) in [7, 11) is 1.81. The van der Waals surface area contributed by atoms with Gasteiger partial charge in [-0.05, 0) is 32.1 Å². The van der Waals surface area contributed by atoms with Crippen molar-refractivity contribution in [2.24, 2.45) is 0 Å². The van der Waals surface area contributed by atoms with Gasteiger partial charge in [-0.3, -0.25) is 0 Å². The average molecular weight is 227 g/mol. The summed E-state index contributed by atoms with van der Waals surface area (Å²) >= 11 is 0. The van der Waals surface area contributed by atoms with Crippen molar-refractivity contribution in [2.75, 3.05) is 13.7 Å². The quantitative estimate of drug-likeness (QED) is 0.720. The van der Waals surface area contributed by atoms with Gasteiger partial charge in [0.15, 0.2) is 0 Å². The topological polar surface area (TPSA) is 41.5 Å². The van der Waals surface area contributed by atoms with Gasteiger partial charge in [-0.25, -0.2) is 0 Å². The van der Waals surface area contributed by atoms with E-state index < -0.39 is 0 Å². The molecule has 0 saturated heterocycles. The Hall–Kier alpha value is -0.120. The molecule has 0 aromatic carbocycles. The van der Waals surface area contributed by atoms with E-state index in [1.165, 1.54) is 38.5 Å². The van der Waals surface area contributed by atoms with E-state index in [1.807, 2.05) is 7.11 Å². The van der Waals surface area contributed by atoms with E-state index in [-0.39, 0.29) is 17.7 Å². The SMILES string of the molecule is COC1(CNC2CCCCCC2O)CCC1. The first-order valence-electron chi connectivity index (χ1n) is 6.72. The fourth-order valence-corrected chi connectivity index (χ4v) is 2.87. The van der Waals surface area contributed by atoms with Crippen LogP contribution in [-0.2, 0) is 4.74 Å². The van der Waals surface area contributed by atoms with Gasteiger partial charge in [-0.1, -0.05) is 19.3 Å². The first kappa shape index (κ1) is 12.3. The normalized spacial score (nSPS) is 34.1. The molecular weight excluding hydrogens is 202 g/mol. The molecule has 2 unspecified atom stereocenters. The van der Waals surface area contributed by atoms with Crippen LogP contribution in [-0.4, -0.2) is 36.5 Å². The Bertz CT molecular complexity index is 210. The second-order valence-electron chi connectivity index (χ2n) is 5.43. The zero-order valence-corrected chi connectivity index (χ0v) is 10.4. The molecule has 0 aromatic rings. The van der Waals surface area contributed by atoms with Gasteiger partial charge in [-0.2, -0.15) is 0 Å². The summed E-state index contributed by atoms with van der Waals surface area (Å²) < 4.78 is 5.59. The molecule has 16 heavy (non-hydrogen) atoms. The van der Waals surface area contributed by atoms with E-state index in [0.717, 1.165) is 19.4 Å². The molecule has 0 aromatic heterocycles. The van der Waals surface area contributed by atoms with Gasteiger partial charge in [-0.15, -0.1) is 0 Å². The fourth-order valence-electron chi connectivity index (χ4n) is 2.87. The summed E-state index contributed by atoms with van der Waals surface area (Å²) in [5.74, 6) is 0. The number of aliphatic hydroxyl groups excluding tert-OH is 1. The zero-order valence-electron chi connectivity index (χ0n) is 10.4. The predicted octanol–water partition coefficient (Wildman–Crippen LogP) is 1.84. The molecule has 2 atom stereocenters. The molecule has 2 N–H and O–H groups in total. The van der Waals surface area contributed by atoms with Gasteiger partial charge in [0.05, 0.1) is 11.7 Å². The number of rotatable bonds is 4. The largest absolute Gasteiger partial charge is 0.392 e. The van der Waals surface area contributed by atoms with Gasteiger partial charge >= 0.3 is 0 Å². The molecule has 0 amide bonds. The minimum atomic E-state index is -0.156. The van der Waals surface area contributed by atoms with Crippen LogP contribution in [0.1, 0.15) is 51.4 Å². The van der Waals surface area contributed by atoms with Crippen LogP contribution in [0.3, 0.4) is 0 Å². The number of hydrogen-bond donors (Lipinski definition) is 2. The summed E-state index contributed by atoms with van der Waals surface area (Å²) in [4.78, 5) is 0. The van der Waals surface area contributed by atoms with E-state index in [0.29, 0.717) is 0 Å². The van der Waals surface area contributed by atoms with E-state index in [4.69, 9.17) is 4.74 Å². The van der Waals surface area contributed by atoms with E-state index in [1.54, 1.807) is 0 Å². The molecule has 0 aliphatic heterocycles. The third kappa shape index (κ3) is 2.76. The van der Waals surface area contributed by atoms with Crippen LogP contribution < -0.4 is 5.32 Å². The summed E-state index contributed by atoms with van der Waals surface area (Å²) in [5, 5.41) is 13.5. The predicted molar refractivity (Wildman–Crippen MR) is 64.5 cm³/mol. The summed E-state index contributed by atoms with van der Waals surface area (Å²) in [6.45, 7) is 0.908. The number of ether oxygens (including phenoxy) is 1. The van der Waals surface area contributed by atoms with E-state index in [9.17, 15) is 5.11 Å². The number of methoxy groups -OCH3 is 1. The molecule has 2 fully saturated rings. The summed E-state index contributed by atoms with van der Waals surface area (Å²) in [6.07, 6.45) is 9.21. The lowest BCUT2D eigenvalue weighted by molar-refractivity contribution is -0.0732. The monoisotopic (exact) mass is 227 g/mol. The van der Waals surface area contributed by atoms with Crippen molar-refractivity contribution in [3.63, 3.8) is 0 Å². The van der Waals surface area contributed by atoms with Crippen LogP contribution in [0.2, 0.25) is 0 Å². The Labute approximate surface area is 98.6 Å². The minimum absolute atomic E-state index is 0.0754. The second-order valence-corrected chi connectivity index (χ2v) is 5.43. The van der Waals surface area contributed by atoms with Crippen LogP contribution >= 0.6 is 0 Å². The lowest BCUT2D eigenvalue weighted by Gasteiger charge is -2.42. The molecular formula is C13H25NO2. The molecule has 94 valence electrons. The number of aliphatic hydroxyl groups is 1. The highest BCUT2D eigenvalue weighted by atomic mass is 16.5. The van der Waals surface area contributed by atoms with Crippen molar-refractivity contribution < 1.29 is 9.84 Å². The molecule has 0 spiro atoms. The third-order valence-corrected chi connectivity index (χ3v) is 4.36. The maximum atomic E-state index is 10.0. The van der Waals surface area contributed by atoms with Crippen molar-refractivity contribution in [3.8, 4) is 0 Å². The molecule has 3 nitrogen and oxygen atoms in total. The lowest BCUT2D eigenvalue weighted by Crippen LogP contribution is -2.52. The van der Waals surface area contributed by atoms with Crippen molar-refractivity contribution >= 4 is 0 Å². The van der Waals surface area contributed by atoms with Crippen LogP contribution in [0.5, 0.6) is 0 Å². The first-order valence-corrected chi connectivity index (χ1v) is 6.72. The lowest BCUT2D eigenvalue weighted by atomic mass is 9.79. The number of hydrogen-bond acceptors (Lipinski definition) is 3. The number of nitrogens with one attached hydrogen (secondary N) is 1. The maximum Gasteiger partial charge on any atom is 0.0802 e. The molecule has 0 radical (unpaired) electrons. The standard InChI is InChI=1S/C13H25NO2/c1-16-13(8-5-9-13)10-14-11-6-3-2-4-7-12(11)15/h11-12,14-15H,2-10H2,1H3. The molecule has 0 bridgehead atoms. The van der Waals surface area contributed by atoms with Gasteiger partial charge < -0.3 is 15.2 Å². The summed E-state index contributed by atoms with van der Waals surface area (Å²) in [6, 6.07) is 0.287. The fraction of sp³-hybridized carbons (Fsp3) is 1.00. The Morgan fingerprint density at radius 2 is 1.94 bits per heavy atom. The highest BCUT2D eigenvalue weighted by Gasteiger charge is 2.37. The van der Waals surface area contributed by atoms with Crippen LogP contribution in [0.4, 0.5) is 0 Å². The Kier molecular flexibility index (Phi) is 4.22. The van der Waals surface area contributed by atoms with E-state index >= 15 is 0 Å². The smallest absolute Gasteiger partial charge is 0.0802 e. The van der Waals surface area contributed by atoms with E-state index in [2.05, 4.69) is 5.32 Å². The second kappa shape index (κ2) is 5.48. The molecule has 2 aliphatic carbocycles. The highest BCUT2D eigenvalue weighted by molar-refractivity contribution is 4.93. The van der Waals surface area contributed by atoms with Crippen molar-refractivity contribution in [3.05, 3.63) is 0 Å². The minimum Gasteiger partial charge on any atom is -0.392 e.